The van der Waals surface area contributed by atoms with Crippen molar-refractivity contribution in [1.82, 2.24) is 0 Å². The van der Waals surface area contributed by atoms with Crippen LogP contribution in [0.1, 0.15) is 16.7 Å². The number of rotatable bonds is 6. The minimum atomic E-state index is 0.451. The summed E-state index contributed by atoms with van der Waals surface area (Å²) < 4.78 is 10.9. The molecule has 0 radical (unpaired) electrons. The molecular weight excluding hydrogens is 274 g/mol. The summed E-state index contributed by atoms with van der Waals surface area (Å²) in [5.41, 5.74) is 4.29. The molecule has 114 valence electrons. The number of nitrogens with zero attached hydrogens (tertiary/aromatic N) is 1. The van der Waals surface area contributed by atoms with Crippen LogP contribution >= 0.6 is 0 Å². The number of methoxy groups -OCH3 is 1. The van der Waals surface area contributed by atoms with Crippen LogP contribution in [0.25, 0.3) is 0 Å². The summed E-state index contributed by atoms with van der Waals surface area (Å²) in [5, 5.41) is 0. The van der Waals surface area contributed by atoms with E-state index in [-0.39, 0.29) is 0 Å². The van der Waals surface area contributed by atoms with Crippen molar-refractivity contribution < 1.29 is 9.47 Å². The third-order valence-corrected chi connectivity index (χ3v) is 3.26. The minimum absolute atomic E-state index is 0.451. The molecule has 2 aromatic carbocycles. The first-order valence-corrected chi connectivity index (χ1v) is 7.17. The molecule has 0 spiro atoms. The number of ether oxygens (including phenoxy) is 2. The molecule has 22 heavy (non-hydrogen) atoms. The highest BCUT2D eigenvalue weighted by Crippen LogP contribution is 2.28. The summed E-state index contributed by atoms with van der Waals surface area (Å²) in [6, 6.07) is 12.0. The highest BCUT2D eigenvalue weighted by atomic mass is 16.5. The normalized spacial score (nSPS) is 10.7. The molecule has 0 bridgehead atoms. The monoisotopic (exact) mass is 295 g/mol. The van der Waals surface area contributed by atoms with Crippen molar-refractivity contribution in [2.45, 2.75) is 13.8 Å². The first kappa shape index (κ1) is 15.8. The largest absolute Gasteiger partial charge is 0.493 e. The number of aliphatic imine (C=N–C) groups is 1. The van der Waals surface area contributed by atoms with E-state index < -0.39 is 0 Å². The van der Waals surface area contributed by atoms with Gasteiger partial charge in [-0.25, -0.2) is 0 Å². The Morgan fingerprint density at radius 2 is 1.91 bits per heavy atom. The molecule has 0 aliphatic rings. The molecule has 3 nitrogen and oxygen atoms in total. The molecular formula is C19H21NO2. The van der Waals surface area contributed by atoms with E-state index in [1.807, 2.05) is 24.4 Å². The zero-order valence-electron chi connectivity index (χ0n) is 13.3. The fourth-order valence-corrected chi connectivity index (χ4v) is 2.04. The summed E-state index contributed by atoms with van der Waals surface area (Å²) in [6.07, 6.45) is 3.54. The maximum absolute atomic E-state index is 5.54. The van der Waals surface area contributed by atoms with Crippen LogP contribution in [0.15, 0.2) is 54.0 Å². The van der Waals surface area contributed by atoms with Crippen LogP contribution in [-0.2, 0) is 0 Å². The molecule has 0 atom stereocenters. The fraction of sp³-hybridized carbons (Fsp3) is 0.211. The van der Waals surface area contributed by atoms with Crippen molar-refractivity contribution in [3.05, 3.63) is 65.7 Å². The van der Waals surface area contributed by atoms with E-state index >= 15 is 0 Å². The lowest BCUT2D eigenvalue weighted by Crippen LogP contribution is -1.97. The van der Waals surface area contributed by atoms with Gasteiger partial charge in [0.25, 0.3) is 0 Å². The smallest absolute Gasteiger partial charge is 0.161 e. The quantitative estimate of drug-likeness (QED) is 0.575. The number of benzene rings is 2. The van der Waals surface area contributed by atoms with Gasteiger partial charge in [-0.05, 0) is 54.8 Å². The van der Waals surface area contributed by atoms with Gasteiger partial charge in [0.15, 0.2) is 11.5 Å². The number of aryl methyl sites for hydroxylation is 2. The van der Waals surface area contributed by atoms with Crippen molar-refractivity contribution in [3.63, 3.8) is 0 Å². The summed E-state index contributed by atoms with van der Waals surface area (Å²) in [6.45, 7) is 8.21. The molecule has 0 aliphatic heterocycles. The van der Waals surface area contributed by atoms with Crippen LogP contribution in [0.5, 0.6) is 11.5 Å². The van der Waals surface area contributed by atoms with Crippen molar-refractivity contribution >= 4 is 11.9 Å². The molecule has 0 saturated carbocycles. The van der Waals surface area contributed by atoms with Crippen LogP contribution in [0.2, 0.25) is 0 Å². The van der Waals surface area contributed by atoms with E-state index in [4.69, 9.17) is 9.47 Å². The Morgan fingerprint density at radius 3 is 2.64 bits per heavy atom. The zero-order chi connectivity index (χ0) is 15.9. The maximum atomic E-state index is 5.54. The maximum Gasteiger partial charge on any atom is 0.161 e. The Balaban J connectivity index is 2.24. The van der Waals surface area contributed by atoms with Gasteiger partial charge in [0.05, 0.1) is 12.8 Å². The van der Waals surface area contributed by atoms with Crippen LogP contribution in [0.4, 0.5) is 5.69 Å². The van der Waals surface area contributed by atoms with E-state index in [1.165, 1.54) is 5.56 Å². The fourth-order valence-electron chi connectivity index (χ4n) is 2.04. The van der Waals surface area contributed by atoms with Gasteiger partial charge < -0.3 is 9.47 Å². The summed E-state index contributed by atoms with van der Waals surface area (Å²) >= 11 is 0. The lowest BCUT2D eigenvalue weighted by molar-refractivity contribution is 0.326. The van der Waals surface area contributed by atoms with Crippen LogP contribution in [-0.4, -0.2) is 19.9 Å². The van der Waals surface area contributed by atoms with Crippen molar-refractivity contribution in [2.24, 2.45) is 4.99 Å². The molecule has 0 aromatic heterocycles. The Hall–Kier alpha value is -2.55. The van der Waals surface area contributed by atoms with E-state index in [0.717, 1.165) is 16.8 Å². The Bertz CT molecular complexity index is 690. The predicted molar refractivity (Wildman–Crippen MR) is 91.9 cm³/mol. The predicted octanol–water partition coefficient (Wildman–Crippen LogP) is 4.63. The van der Waals surface area contributed by atoms with Gasteiger partial charge in [-0.3, -0.25) is 4.99 Å². The third kappa shape index (κ3) is 3.98. The summed E-state index contributed by atoms with van der Waals surface area (Å²) in [4.78, 5) is 4.57. The van der Waals surface area contributed by atoms with Gasteiger partial charge in [0.1, 0.15) is 6.61 Å². The Morgan fingerprint density at radius 1 is 1.09 bits per heavy atom. The molecule has 2 rings (SSSR count). The van der Waals surface area contributed by atoms with Gasteiger partial charge in [-0.15, -0.1) is 0 Å². The topological polar surface area (TPSA) is 30.8 Å². The van der Waals surface area contributed by atoms with Crippen LogP contribution < -0.4 is 9.47 Å². The lowest BCUT2D eigenvalue weighted by atomic mass is 10.1. The second-order valence-corrected chi connectivity index (χ2v) is 5.06. The van der Waals surface area contributed by atoms with Gasteiger partial charge in [-0.1, -0.05) is 24.8 Å². The van der Waals surface area contributed by atoms with E-state index in [2.05, 4.69) is 43.6 Å². The molecule has 0 N–H and O–H groups in total. The van der Waals surface area contributed by atoms with Crippen molar-refractivity contribution in [1.29, 1.82) is 0 Å². The van der Waals surface area contributed by atoms with Crippen LogP contribution in [0, 0.1) is 13.8 Å². The molecule has 0 amide bonds. The SMILES string of the molecule is C=CCOc1ccc(C=Nc2cc(C)ccc2C)cc1OC. The molecule has 2 aromatic rings. The highest BCUT2D eigenvalue weighted by Gasteiger charge is 2.04. The van der Waals surface area contributed by atoms with Gasteiger partial charge in [-0.2, -0.15) is 0 Å². The molecule has 0 unspecified atom stereocenters. The van der Waals surface area contributed by atoms with E-state index in [9.17, 15) is 0 Å². The molecule has 0 saturated heterocycles. The average molecular weight is 295 g/mol. The van der Waals surface area contributed by atoms with Gasteiger partial charge in [0.2, 0.25) is 0 Å². The second kappa shape index (κ2) is 7.46. The molecule has 3 heteroatoms. The standard InChI is InChI=1S/C19H21NO2/c1-5-10-22-18-9-8-16(12-19(18)21-4)13-20-17-11-14(2)6-7-15(17)3/h5-9,11-13H,1,10H2,2-4H3. The molecule has 0 aliphatic carbocycles. The van der Waals surface area contributed by atoms with E-state index in [0.29, 0.717) is 18.1 Å². The summed E-state index contributed by atoms with van der Waals surface area (Å²) in [5.74, 6) is 1.39. The zero-order valence-corrected chi connectivity index (χ0v) is 13.3. The van der Waals surface area contributed by atoms with Gasteiger partial charge >= 0.3 is 0 Å². The van der Waals surface area contributed by atoms with Crippen LogP contribution in [0.3, 0.4) is 0 Å². The van der Waals surface area contributed by atoms with Crippen molar-refractivity contribution in [3.8, 4) is 11.5 Å². The first-order chi connectivity index (χ1) is 10.6. The average Bonchev–Trinajstić information content (AvgIpc) is 2.54. The Kier molecular flexibility index (Phi) is 5.37. The molecule has 0 heterocycles. The summed E-state index contributed by atoms with van der Waals surface area (Å²) in [7, 11) is 1.63. The molecule has 0 fully saturated rings. The van der Waals surface area contributed by atoms with Gasteiger partial charge in [0, 0.05) is 6.21 Å². The highest BCUT2D eigenvalue weighted by molar-refractivity contribution is 5.83. The number of hydrogen-bond acceptors (Lipinski definition) is 3. The minimum Gasteiger partial charge on any atom is -0.493 e. The number of hydrogen-bond donors (Lipinski definition) is 0. The second-order valence-electron chi connectivity index (χ2n) is 5.06. The van der Waals surface area contributed by atoms with Crippen molar-refractivity contribution in [2.75, 3.05) is 13.7 Å². The lowest BCUT2D eigenvalue weighted by Gasteiger charge is -2.09. The Labute approximate surface area is 131 Å². The van der Waals surface area contributed by atoms with E-state index in [1.54, 1.807) is 13.2 Å². The first-order valence-electron chi connectivity index (χ1n) is 7.17. The third-order valence-electron chi connectivity index (χ3n) is 3.26.